The first-order valence-corrected chi connectivity index (χ1v) is 8.40. The Labute approximate surface area is 120 Å². The van der Waals surface area contributed by atoms with E-state index in [2.05, 4.69) is 0 Å². The summed E-state index contributed by atoms with van der Waals surface area (Å²) >= 11 is 0. The van der Waals surface area contributed by atoms with Crippen LogP contribution in [0.15, 0.2) is 24.3 Å². The Morgan fingerprint density at radius 2 is 1.85 bits per heavy atom. The van der Waals surface area contributed by atoms with Crippen molar-refractivity contribution in [3.8, 4) is 0 Å². The molecule has 0 fully saturated rings. The fourth-order valence-electron chi connectivity index (χ4n) is 1.84. The molecule has 1 N–H and O–H groups in total. The van der Waals surface area contributed by atoms with Crippen molar-refractivity contribution >= 4 is 21.5 Å². The van der Waals surface area contributed by atoms with Gasteiger partial charge in [-0.05, 0) is 25.5 Å². The molecule has 0 aliphatic carbocycles. The van der Waals surface area contributed by atoms with Gasteiger partial charge in [-0.25, -0.2) is 8.42 Å². The van der Waals surface area contributed by atoms with Crippen LogP contribution >= 0.6 is 0 Å². The molecule has 0 bridgehead atoms. The van der Waals surface area contributed by atoms with Crippen molar-refractivity contribution in [3.63, 3.8) is 0 Å². The van der Waals surface area contributed by atoms with Gasteiger partial charge in [0, 0.05) is 18.0 Å². The largest absolute Gasteiger partial charge is 0.480 e. The first-order valence-electron chi connectivity index (χ1n) is 6.58. The van der Waals surface area contributed by atoms with Crippen LogP contribution in [0.2, 0.25) is 0 Å². The first-order chi connectivity index (χ1) is 9.34. The minimum Gasteiger partial charge on any atom is -0.480 e. The molecule has 0 amide bonds. The molecule has 0 spiro atoms. The van der Waals surface area contributed by atoms with Gasteiger partial charge in [0.1, 0.15) is 16.4 Å². The number of aliphatic carboxylic acids is 1. The van der Waals surface area contributed by atoms with Crippen LogP contribution in [0.1, 0.15) is 18.9 Å². The van der Waals surface area contributed by atoms with E-state index >= 15 is 0 Å². The highest BCUT2D eigenvalue weighted by molar-refractivity contribution is 7.91. The van der Waals surface area contributed by atoms with E-state index in [1.54, 1.807) is 11.8 Å². The van der Waals surface area contributed by atoms with Crippen LogP contribution in [0.25, 0.3) is 0 Å². The monoisotopic (exact) mass is 299 g/mol. The number of hydrogen-bond donors (Lipinski definition) is 1. The third-order valence-corrected chi connectivity index (χ3v) is 4.84. The van der Waals surface area contributed by atoms with Crippen molar-refractivity contribution in [2.75, 3.05) is 29.5 Å². The van der Waals surface area contributed by atoms with Crippen molar-refractivity contribution in [1.82, 2.24) is 0 Å². The number of carboxylic acids is 1. The van der Waals surface area contributed by atoms with E-state index in [0.29, 0.717) is 13.0 Å². The maximum absolute atomic E-state index is 11.4. The summed E-state index contributed by atoms with van der Waals surface area (Å²) in [6.45, 7) is 3.85. The molecule has 0 radical (unpaired) electrons. The van der Waals surface area contributed by atoms with E-state index in [1.165, 1.54) is 0 Å². The minimum absolute atomic E-state index is 0.0888. The van der Waals surface area contributed by atoms with Gasteiger partial charge in [-0.15, -0.1) is 0 Å². The Bertz CT molecular complexity index is 537. The predicted octanol–water partition coefficient (Wildman–Crippen LogP) is 1.71. The molecule has 1 aromatic carbocycles. The second-order valence-corrected chi connectivity index (χ2v) is 7.21. The average molecular weight is 299 g/mol. The Kier molecular flexibility index (Phi) is 6.01. The van der Waals surface area contributed by atoms with Crippen molar-refractivity contribution in [3.05, 3.63) is 29.8 Å². The maximum atomic E-state index is 11.4. The maximum Gasteiger partial charge on any atom is 0.323 e. The summed E-state index contributed by atoms with van der Waals surface area (Å²) in [6, 6.07) is 7.53. The summed E-state index contributed by atoms with van der Waals surface area (Å²) in [4.78, 5) is 12.6. The summed E-state index contributed by atoms with van der Waals surface area (Å²) in [5.74, 6) is -0.717. The molecule has 0 aliphatic rings. The highest BCUT2D eigenvalue weighted by atomic mass is 32.2. The standard InChI is InChI=1S/C14H21NO4S/c1-3-20(18,19)10-4-9-15(11-14(16)17)13-7-5-12(2)6-8-13/h5-8H,3-4,9-11H2,1-2H3,(H,16,17). The fourth-order valence-corrected chi connectivity index (χ4v) is 2.70. The van der Waals surface area contributed by atoms with Crippen LogP contribution in [0.5, 0.6) is 0 Å². The van der Waals surface area contributed by atoms with Crippen LogP contribution < -0.4 is 4.90 Å². The lowest BCUT2D eigenvalue weighted by molar-refractivity contribution is -0.135. The molecule has 0 heterocycles. The lowest BCUT2D eigenvalue weighted by Crippen LogP contribution is -2.31. The molecular formula is C14H21NO4S. The van der Waals surface area contributed by atoms with Crippen LogP contribution in [0.3, 0.4) is 0 Å². The van der Waals surface area contributed by atoms with Crippen LogP contribution in [0, 0.1) is 6.92 Å². The lowest BCUT2D eigenvalue weighted by Gasteiger charge is -2.23. The number of hydrogen-bond acceptors (Lipinski definition) is 4. The van der Waals surface area contributed by atoms with Gasteiger partial charge in [-0.2, -0.15) is 0 Å². The molecule has 0 aliphatic heterocycles. The molecule has 1 aromatic rings. The van der Waals surface area contributed by atoms with Gasteiger partial charge >= 0.3 is 5.97 Å². The van der Waals surface area contributed by atoms with E-state index in [-0.39, 0.29) is 18.1 Å². The number of anilines is 1. The van der Waals surface area contributed by atoms with E-state index < -0.39 is 15.8 Å². The van der Waals surface area contributed by atoms with Gasteiger partial charge in [-0.1, -0.05) is 24.6 Å². The molecule has 0 saturated heterocycles. The van der Waals surface area contributed by atoms with E-state index in [1.807, 2.05) is 31.2 Å². The second-order valence-electron chi connectivity index (χ2n) is 4.74. The average Bonchev–Trinajstić information content (AvgIpc) is 2.38. The zero-order valence-electron chi connectivity index (χ0n) is 11.9. The summed E-state index contributed by atoms with van der Waals surface area (Å²) < 4.78 is 22.9. The molecule has 112 valence electrons. The Balaban J connectivity index is 2.70. The number of rotatable bonds is 8. The summed E-state index contributed by atoms with van der Waals surface area (Å²) in [6.07, 6.45) is 0.428. The number of carbonyl (C=O) groups is 1. The topological polar surface area (TPSA) is 74.7 Å². The molecule has 0 saturated carbocycles. The summed E-state index contributed by atoms with van der Waals surface area (Å²) in [5.41, 5.74) is 1.89. The van der Waals surface area contributed by atoms with Crippen molar-refractivity contribution in [2.24, 2.45) is 0 Å². The summed E-state index contributed by atoms with van der Waals surface area (Å²) in [5, 5.41) is 8.95. The van der Waals surface area contributed by atoms with Gasteiger partial charge in [-0.3, -0.25) is 4.79 Å². The normalized spacial score (nSPS) is 11.3. The predicted molar refractivity (Wildman–Crippen MR) is 80.0 cm³/mol. The number of carboxylic acid groups (broad SMARTS) is 1. The molecule has 0 unspecified atom stereocenters. The number of benzene rings is 1. The van der Waals surface area contributed by atoms with Gasteiger partial charge in [0.2, 0.25) is 0 Å². The molecule has 0 atom stereocenters. The first kappa shape index (κ1) is 16.5. The van der Waals surface area contributed by atoms with Crippen LogP contribution in [-0.2, 0) is 14.6 Å². The molecule has 0 aromatic heterocycles. The molecular weight excluding hydrogens is 278 g/mol. The third-order valence-electron chi connectivity index (χ3n) is 3.05. The lowest BCUT2D eigenvalue weighted by atomic mass is 10.2. The highest BCUT2D eigenvalue weighted by Crippen LogP contribution is 2.15. The van der Waals surface area contributed by atoms with Crippen molar-refractivity contribution < 1.29 is 18.3 Å². The van der Waals surface area contributed by atoms with E-state index in [9.17, 15) is 13.2 Å². The van der Waals surface area contributed by atoms with Gasteiger partial charge in [0.25, 0.3) is 0 Å². The fraction of sp³-hybridized carbons (Fsp3) is 0.500. The number of sulfone groups is 1. The molecule has 6 heteroatoms. The Morgan fingerprint density at radius 3 is 2.35 bits per heavy atom. The summed E-state index contributed by atoms with van der Waals surface area (Å²) in [7, 11) is -3.01. The van der Waals surface area contributed by atoms with Crippen molar-refractivity contribution in [1.29, 1.82) is 0 Å². The van der Waals surface area contributed by atoms with Crippen LogP contribution in [-0.4, -0.2) is 44.1 Å². The van der Waals surface area contributed by atoms with E-state index in [0.717, 1.165) is 11.3 Å². The van der Waals surface area contributed by atoms with Crippen LogP contribution in [0.4, 0.5) is 5.69 Å². The minimum atomic E-state index is -3.01. The smallest absolute Gasteiger partial charge is 0.323 e. The van der Waals surface area contributed by atoms with E-state index in [4.69, 9.17) is 5.11 Å². The molecule has 5 nitrogen and oxygen atoms in total. The number of aryl methyl sites for hydroxylation is 1. The van der Waals surface area contributed by atoms with Gasteiger partial charge < -0.3 is 10.0 Å². The third kappa shape index (κ3) is 5.61. The molecule has 20 heavy (non-hydrogen) atoms. The zero-order valence-corrected chi connectivity index (χ0v) is 12.7. The SMILES string of the molecule is CCS(=O)(=O)CCCN(CC(=O)O)c1ccc(C)cc1. The Hall–Kier alpha value is -1.56. The highest BCUT2D eigenvalue weighted by Gasteiger charge is 2.13. The second kappa shape index (κ2) is 7.28. The zero-order chi connectivity index (χ0) is 15.2. The molecule has 1 rings (SSSR count). The number of nitrogens with zero attached hydrogens (tertiary/aromatic N) is 1. The van der Waals surface area contributed by atoms with Crippen molar-refractivity contribution in [2.45, 2.75) is 20.3 Å². The van der Waals surface area contributed by atoms with Gasteiger partial charge in [0.15, 0.2) is 0 Å². The quantitative estimate of drug-likeness (QED) is 0.791. The Morgan fingerprint density at radius 1 is 1.25 bits per heavy atom. The van der Waals surface area contributed by atoms with Gasteiger partial charge in [0.05, 0.1) is 5.75 Å².